The van der Waals surface area contributed by atoms with Gasteiger partial charge in [-0.2, -0.15) is 17.5 Å². The van der Waals surface area contributed by atoms with Crippen LogP contribution in [0.4, 0.5) is 18.0 Å². The lowest BCUT2D eigenvalue weighted by Gasteiger charge is -2.33. The maximum atomic E-state index is 13.3. The molecule has 214 valence electrons. The van der Waals surface area contributed by atoms with Crippen LogP contribution in [0.3, 0.4) is 0 Å². The summed E-state index contributed by atoms with van der Waals surface area (Å²) < 4.78 is 72.6. The molecule has 0 radical (unpaired) electrons. The summed E-state index contributed by atoms with van der Waals surface area (Å²) in [5.41, 5.74) is -1.52. The molecule has 1 saturated carbocycles. The molecule has 1 aliphatic heterocycles. The molecule has 1 N–H and O–H groups in total. The number of ether oxygens (including phenoxy) is 1. The fourth-order valence-corrected chi connectivity index (χ4v) is 6.53. The zero-order valence-corrected chi connectivity index (χ0v) is 23.5. The second-order valence-electron chi connectivity index (χ2n) is 11.4. The number of hydrogen-bond acceptors (Lipinski definition) is 5. The van der Waals surface area contributed by atoms with Crippen LogP contribution in [-0.2, 0) is 25.7 Å². The summed E-state index contributed by atoms with van der Waals surface area (Å²) in [5, 5.41) is 2.98. The Morgan fingerprint density at radius 3 is 2.42 bits per heavy atom. The Morgan fingerprint density at radius 2 is 1.84 bits per heavy atom. The lowest BCUT2D eigenvalue weighted by molar-refractivity contribution is -0.137. The number of halogens is 3. The quantitative estimate of drug-likeness (QED) is 0.529. The summed E-state index contributed by atoms with van der Waals surface area (Å²) in [6, 6.07) is 3.41. The Morgan fingerprint density at radius 1 is 1.18 bits per heavy atom. The minimum Gasteiger partial charge on any atom is -0.436 e. The van der Waals surface area contributed by atoms with Gasteiger partial charge >= 0.3 is 12.3 Å². The van der Waals surface area contributed by atoms with E-state index in [2.05, 4.69) is 5.32 Å². The third-order valence-corrected chi connectivity index (χ3v) is 9.70. The van der Waals surface area contributed by atoms with Crippen LogP contribution < -0.4 is 5.32 Å². The zero-order valence-electron chi connectivity index (χ0n) is 22.7. The Bertz CT molecular complexity index is 1140. The third kappa shape index (κ3) is 6.44. The maximum absolute atomic E-state index is 13.3. The molecule has 3 rings (SSSR count). The van der Waals surface area contributed by atoms with Gasteiger partial charge in [-0.25, -0.2) is 13.2 Å². The Hall–Kier alpha value is -2.34. The number of sulfonamides is 1. The summed E-state index contributed by atoms with van der Waals surface area (Å²) in [4.78, 5) is 27.0. The highest BCUT2D eigenvalue weighted by molar-refractivity contribution is 7.89. The highest BCUT2D eigenvalue weighted by Gasteiger charge is 2.48. The maximum Gasteiger partial charge on any atom is 0.416 e. The second-order valence-corrected chi connectivity index (χ2v) is 13.3. The van der Waals surface area contributed by atoms with Gasteiger partial charge in [0.2, 0.25) is 10.0 Å². The van der Waals surface area contributed by atoms with Gasteiger partial charge in [0, 0.05) is 37.6 Å². The normalized spacial score (nSPS) is 24.0. The van der Waals surface area contributed by atoms with Gasteiger partial charge < -0.3 is 15.0 Å². The molecular weight excluding hydrogens is 523 g/mol. The molecule has 0 bridgehead atoms. The molecule has 0 spiro atoms. The fraction of sp³-hybridized carbons (Fsp3) is 0.692. The third-order valence-electron chi connectivity index (χ3n) is 7.88. The van der Waals surface area contributed by atoms with Crippen molar-refractivity contribution in [3.8, 4) is 0 Å². The predicted octanol–water partition coefficient (Wildman–Crippen LogP) is 4.50. The molecule has 1 aliphatic carbocycles. The first-order chi connectivity index (χ1) is 17.5. The van der Waals surface area contributed by atoms with E-state index in [0.29, 0.717) is 25.3 Å². The van der Waals surface area contributed by atoms with E-state index in [1.165, 1.54) is 9.21 Å². The molecule has 2 amide bonds. The molecule has 2 aliphatic rings. The van der Waals surface area contributed by atoms with Gasteiger partial charge in [0.15, 0.2) is 6.10 Å². The average molecular weight is 562 g/mol. The summed E-state index contributed by atoms with van der Waals surface area (Å²) in [7, 11) is -2.54. The SMILES string of the molecule is CC[C@H](C)[C@H](OC(=O)N(C)C(C)(C)C)C(=O)N[C@@H]1CC[C@H]2CN(S(=O)(=O)c3cccc(C(F)(F)F)c3)C[C@H]21. The minimum absolute atomic E-state index is 0.0301. The number of rotatable bonds is 7. The van der Waals surface area contributed by atoms with Gasteiger partial charge in [0.25, 0.3) is 5.91 Å². The van der Waals surface area contributed by atoms with Crippen molar-refractivity contribution in [3.63, 3.8) is 0 Å². The minimum atomic E-state index is -4.65. The highest BCUT2D eigenvalue weighted by atomic mass is 32.2. The first-order valence-electron chi connectivity index (χ1n) is 12.9. The molecule has 2 fully saturated rings. The summed E-state index contributed by atoms with van der Waals surface area (Å²) in [6.45, 7) is 9.54. The van der Waals surface area contributed by atoms with Crippen molar-refractivity contribution in [3.05, 3.63) is 29.8 Å². The van der Waals surface area contributed by atoms with Crippen LogP contribution in [0.15, 0.2) is 29.2 Å². The molecule has 12 heteroatoms. The number of nitrogens with zero attached hydrogens (tertiary/aromatic N) is 2. The summed E-state index contributed by atoms with van der Waals surface area (Å²) in [6.07, 6.45) is -4.36. The molecular formula is C26H38F3N3O5S. The predicted molar refractivity (Wildman–Crippen MR) is 136 cm³/mol. The molecule has 38 heavy (non-hydrogen) atoms. The van der Waals surface area contributed by atoms with E-state index >= 15 is 0 Å². The molecule has 1 aromatic rings. The summed E-state index contributed by atoms with van der Waals surface area (Å²) in [5.74, 6) is -0.895. The van der Waals surface area contributed by atoms with Crippen molar-refractivity contribution < 1.29 is 35.9 Å². The Balaban J connectivity index is 1.72. The Labute approximate surface area is 222 Å². The summed E-state index contributed by atoms with van der Waals surface area (Å²) >= 11 is 0. The van der Waals surface area contributed by atoms with Gasteiger partial charge in [0.1, 0.15) is 0 Å². The number of nitrogens with one attached hydrogen (secondary N) is 1. The van der Waals surface area contributed by atoms with E-state index in [9.17, 15) is 31.2 Å². The van der Waals surface area contributed by atoms with Crippen molar-refractivity contribution in [1.82, 2.24) is 14.5 Å². The van der Waals surface area contributed by atoms with Crippen LogP contribution in [0.5, 0.6) is 0 Å². The van der Waals surface area contributed by atoms with Crippen molar-refractivity contribution in [1.29, 1.82) is 0 Å². The van der Waals surface area contributed by atoms with Crippen LogP contribution in [0.1, 0.15) is 59.4 Å². The second kappa shape index (κ2) is 11.0. The van der Waals surface area contributed by atoms with Crippen molar-refractivity contribution in [2.45, 2.75) is 82.6 Å². The van der Waals surface area contributed by atoms with Gasteiger partial charge in [-0.05, 0) is 70.1 Å². The van der Waals surface area contributed by atoms with E-state index in [0.717, 1.165) is 18.2 Å². The largest absolute Gasteiger partial charge is 0.436 e. The number of carbonyl (C=O) groups excluding carboxylic acids is 2. The highest BCUT2D eigenvalue weighted by Crippen LogP contribution is 2.41. The number of alkyl halides is 3. The van der Waals surface area contributed by atoms with Crippen LogP contribution in [0.25, 0.3) is 0 Å². The van der Waals surface area contributed by atoms with Gasteiger partial charge in [-0.3, -0.25) is 4.79 Å². The average Bonchev–Trinajstić information content (AvgIpc) is 3.42. The Kier molecular flexibility index (Phi) is 8.77. The number of benzene rings is 1. The van der Waals surface area contributed by atoms with Crippen LogP contribution in [0, 0.1) is 17.8 Å². The van der Waals surface area contributed by atoms with Gasteiger partial charge in [0.05, 0.1) is 10.5 Å². The molecule has 0 unspecified atom stereocenters. The fourth-order valence-electron chi connectivity index (χ4n) is 4.95. The first-order valence-corrected chi connectivity index (χ1v) is 14.3. The van der Waals surface area contributed by atoms with E-state index < -0.39 is 50.3 Å². The lowest BCUT2D eigenvalue weighted by atomic mass is 9.96. The van der Waals surface area contributed by atoms with Crippen LogP contribution >= 0.6 is 0 Å². The topological polar surface area (TPSA) is 96.0 Å². The molecule has 0 aromatic heterocycles. The number of amides is 2. The van der Waals surface area contributed by atoms with Gasteiger partial charge in [-0.15, -0.1) is 0 Å². The number of carbonyl (C=O) groups is 2. The molecule has 8 nitrogen and oxygen atoms in total. The van der Waals surface area contributed by atoms with E-state index in [1.807, 2.05) is 34.6 Å². The van der Waals surface area contributed by atoms with E-state index in [1.54, 1.807) is 7.05 Å². The number of fused-ring (bicyclic) bond motifs is 1. The van der Waals surface area contributed by atoms with Crippen molar-refractivity contribution in [2.24, 2.45) is 17.8 Å². The number of hydrogen-bond donors (Lipinski definition) is 1. The van der Waals surface area contributed by atoms with Crippen LogP contribution in [0.2, 0.25) is 0 Å². The van der Waals surface area contributed by atoms with Crippen molar-refractivity contribution >= 4 is 22.0 Å². The molecule has 1 aromatic carbocycles. The van der Waals surface area contributed by atoms with Gasteiger partial charge in [-0.1, -0.05) is 19.9 Å². The smallest absolute Gasteiger partial charge is 0.416 e. The first kappa shape index (κ1) is 30.2. The monoisotopic (exact) mass is 561 g/mol. The van der Waals surface area contributed by atoms with E-state index in [-0.39, 0.29) is 36.9 Å². The molecule has 1 heterocycles. The van der Waals surface area contributed by atoms with Crippen molar-refractivity contribution in [2.75, 3.05) is 20.1 Å². The standard InChI is InChI=1S/C26H38F3N3O5S/c1-7-16(2)22(37-24(34)31(6)25(3,4)5)23(33)30-21-12-11-17-14-32(15-20(17)21)38(35,36)19-10-8-9-18(13-19)26(27,28)29/h8-10,13,16-17,20-22H,7,11-12,14-15H2,1-6H3,(H,30,33)/t16-,17-,20+,21+,22-/m0/s1. The lowest BCUT2D eigenvalue weighted by Crippen LogP contribution is -2.51. The zero-order chi connectivity index (χ0) is 28.6. The molecule has 1 saturated heterocycles. The van der Waals surface area contributed by atoms with Crippen LogP contribution in [-0.4, -0.2) is 67.4 Å². The molecule has 5 atom stereocenters. The van der Waals surface area contributed by atoms with E-state index in [4.69, 9.17) is 4.74 Å².